The van der Waals surface area contributed by atoms with E-state index < -0.39 is 0 Å². The Morgan fingerprint density at radius 2 is 2.33 bits per heavy atom. The Morgan fingerprint density at radius 3 is 3.00 bits per heavy atom. The van der Waals surface area contributed by atoms with Crippen LogP contribution in [0.3, 0.4) is 0 Å². The summed E-state index contributed by atoms with van der Waals surface area (Å²) >= 11 is 0. The number of carbonyl (C=O) groups is 1. The van der Waals surface area contributed by atoms with Gasteiger partial charge in [-0.15, -0.1) is 0 Å². The lowest BCUT2D eigenvalue weighted by atomic mass is 10.2. The van der Waals surface area contributed by atoms with Crippen LogP contribution >= 0.6 is 0 Å². The molecule has 0 aliphatic rings. The molecule has 0 radical (unpaired) electrons. The number of hydrogen-bond donors (Lipinski definition) is 0. The van der Waals surface area contributed by atoms with Gasteiger partial charge in [-0.05, 0) is 29.8 Å². The van der Waals surface area contributed by atoms with Crippen molar-refractivity contribution in [1.82, 2.24) is 9.88 Å². The van der Waals surface area contributed by atoms with Crippen LogP contribution < -0.4 is 0 Å². The fraction of sp³-hybridized carbons (Fsp3) is 0.188. The van der Waals surface area contributed by atoms with Crippen molar-refractivity contribution in [2.75, 3.05) is 6.54 Å². The average Bonchev–Trinajstić information content (AvgIpc) is 3.03. The maximum atomic E-state index is 12.2. The third kappa shape index (κ3) is 4.62. The van der Waals surface area contributed by atoms with Crippen molar-refractivity contribution >= 4 is 12.0 Å². The molecule has 0 saturated heterocycles. The molecule has 0 unspecified atom stereocenters. The monoisotopic (exact) mass is 281 g/mol. The van der Waals surface area contributed by atoms with Crippen molar-refractivity contribution in [3.63, 3.8) is 0 Å². The lowest BCUT2D eigenvalue weighted by Crippen LogP contribution is -2.29. The first-order valence-electron chi connectivity index (χ1n) is 6.56. The molecular weight excluding hydrogens is 266 g/mol. The van der Waals surface area contributed by atoms with Gasteiger partial charge in [0.05, 0.1) is 18.8 Å². The van der Waals surface area contributed by atoms with Crippen molar-refractivity contribution < 1.29 is 9.21 Å². The van der Waals surface area contributed by atoms with E-state index >= 15 is 0 Å². The van der Waals surface area contributed by atoms with Gasteiger partial charge in [0, 0.05) is 31.6 Å². The molecule has 0 fully saturated rings. The van der Waals surface area contributed by atoms with Gasteiger partial charge in [-0.1, -0.05) is 6.07 Å². The molecule has 2 aromatic rings. The zero-order valence-corrected chi connectivity index (χ0v) is 11.5. The maximum absolute atomic E-state index is 12.2. The summed E-state index contributed by atoms with van der Waals surface area (Å²) in [6.45, 7) is 0.809. The second-order valence-electron chi connectivity index (χ2n) is 4.38. The van der Waals surface area contributed by atoms with Crippen molar-refractivity contribution in [3.8, 4) is 6.07 Å². The topological polar surface area (TPSA) is 70.1 Å². The molecule has 5 nitrogen and oxygen atoms in total. The Bertz CT molecular complexity index is 627. The van der Waals surface area contributed by atoms with Crippen LogP contribution in [0.2, 0.25) is 0 Å². The molecule has 106 valence electrons. The van der Waals surface area contributed by atoms with Crippen molar-refractivity contribution in [3.05, 3.63) is 60.3 Å². The molecule has 0 atom stereocenters. The van der Waals surface area contributed by atoms with Crippen molar-refractivity contribution in [2.45, 2.75) is 13.0 Å². The van der Waals surface area contributed by atoms with Crippen LogP contribution in [0.25, 0.3) is 6.08 Å². The minimum absolute atomic E-state index is 0.162. The summed E-state index contributed by atoms with van der Waals surface area (Å²) in [5.74, 6) is 0.454. The van der Waals surface area contributed by atoms with E-state index in [0.29, 0.717) is 25.3 Å². The number of furan rings is 1. The number of nitriles is 1. The quantitative estimate of drug-likeness (QED) is 0.763. The SMILES string of the molecule is N#CCCN(Cc1cccnc1)C(=O)C=Cc1ccco1. The van der Waals surface area contributed by atoms with Crippen LogP contribution in [0.1, 0.15) is 17.7 Å². The van der Waals surface area contributed by atoms with Gasteiger partial charge < -0.3 is 9.32 Å². The molecule has 2 rings (SSSR count). The van der Waals surface area contributed by atoms with E-state index in [1.165, 1.54) is 6.08 Å². The third-order valence-electron chi connectivity index (χ3n) is 2.83. The Labute approximate surface area is 123 Å². The number of nitrogens with zero attached hydrogens (tertiary/aromatic N) is 3. The van der Waals surface area contributed by atoms with Gasteiger partial charge in [-0.25, -0.2) is 0 Å². The number of hydrogen-bond acceptors (Lipinski definition) is 4. The van der Waals surface area contributed by atoms with E-state index in [2.05, 4.69) is 11.1 Å². The standard InChI is InChI=1S/C16H15N3O2/c17-8-3-10-19(13-14-4-1-9-18-12-14)16(20)7-6-15-5-2-11-21-15/h1-2,4-7,9,11-12H,3,10,13H2. The highest BCUT2D eigenvalue weighted by molar-refractivity contribution is 5.91. The van der Waals surface area contributed by atoms with Gasteiger partial charge in [0.15, 0.2) is 0 Å². The highest BCUT2D eigenvalue weighted by Gasteiger charge is 2.11. The Morgan fingerprint density at radius 1 is 1.43 bits per heavy atom. The minimum Gasteiger partial charge on any atom is -0.465 e. The number of carbonyl (C=O) groups excluding carboxylic acids is 1. The molecule has 1 amide bonds. The molecule has 0 spiro atoms. The van der Waals surface area contributed by atoms with Gasteiger partial charge in [0.25, 0.3) is 0 Å². The number of pyridine rings is 1. The second-order valence-corrected chi connectivity index (χ2v) is 4.38. The second kappa shape index (κ2) is 7.65. The predicted molar refractivity (Wildman–Crippen MR) is 77.6 cm³/mol. The minimum atomic E-state index is -0.162. The molecule has 0 saturated carbocycles. The molecule has 0 aromatic carbocycles. The number of rotatable bonds is 6. The van der Waals surface area contributed by atoms with Gasteiger partial charge in [-0.3, -0.25) is 9.78 Å². The summed E-state index contributed by atoms with van der Waals surface area (Å²) in [5.41, 5.74) is 0.926. The van der Waals surface area contributed by atoms with E-state index in [1.807, 2.05) is 12.1 Å². The van der Waals surface area contributed by atoms with Gasteiger partial charge in [0.1, 0.15) is 5.76 Å². The van der Waals surface area contributed by atoms with Crippen molar-refractivity contribution in [1.29, 1.82) is 5.26 Å². The molecule has 0 bridgehead atoms. The molecule has 21 heavy (non-hydrogen) atoms. The Balaban J connectivity index is 2.04. The van der Waals surface area contributed by atoms with Gasteiger partial charge >= 0.3 is 0 Å². The third-order valence-corrected chi connectivity index (χ3v) is 2.83. The molecule has 2 aromatic heterocycles. The van der Waals surface area contributed by atoms with Gasteiger partial charge in [-0.2, -0.15) is 5.26 Å². The Hall–Kier alpha value is -2.87. The lowest BCUT2D eigenvalue weighted by molar-refractivity contribution is -0.126. The van der Waals surface area contributed by atoms with Crippen LogP contribution in [0.4, 0.5) is 0 Å². The zero-order valence-electron chi connectivity index (χ0n) is 11.5. The summed E-state index contributed by atoms with van der Waals surface area (Å²) < 4.78 is 5.14. The summed E-state index contributed by atoms with van der Waals surface area (Å²) in [7, 11) is 0. The van der Waals surface area contributed by atoms with Gasteiger partial charge in [0.2, 0.25) is 5.91 Å². The first-order valence-corrected chi connectivity index (χ1v) is 6.56. The average molecular weight is 281 g/mol. The van der Waals surface area contributed by atoms with E-state index in [9.17, 15) is 4.79 Å². The van der Waals surface area contributed by atoms with Crippen LogP contribution in [-0.2, 0) is 11.3 Å². The molecule has 0 aliphatic heterocycles. The molecule has 0 aliphatic carbocycles. The normalized spacial score (nSPS) is 10.4. The highest BCUT2D eigenvalue weighted by atomic mass is 16.3. The van der Waals surface area contributed by atoms with Crippen LogP contribution in [0.15, 0.2) is 53.4 Å². The molecule has 5 heteroatoms. The maximum Gasteiger partial charge on any atom is 0.247 e. The van der Waals surface area contributed by atoms with E-state index in [4.69, 9.17) is 9.68 Å². The number of aromatic nitrogens is 1. The number of amides is 1. The predicted octanol–water partition coefficient (Wildman–Crippen LogP) is 2.63. The molecular formula is C16H15N3O2. The van der Waals surface area contributed by atoms with E-state index in [1.54, 1.807) is 41.8 Å². The summed E-state index contributed by atoms with van der Waals surface area (Å²) in [6, 6.07) is 9.30. The highest BCUT2D eigenvalue weighted by Crippen LogP contribution is 2.07. The first-order chi connectivity index (χ1) is 10.3. The van der Waals surface area contributed by atoms with E-state index in [-0.39, 0.29) is 5.91 Å². The Kier molecular flexibility index (Phi) is 5.30. The largest absolute Gasteiger partial charge is 0.465 e. The lowest BCUT2D eigenvalue weighted by Gasteiger charge is -2.19. The van der Waals surface area contributed by atoms with Crippen LogP contribution in [0.5, 0.6) is 0 Å². The molecule has 0 N–H and O–H groups in total. The fourth-order valence-electron chi connectivity index (χ4n) is 1.81. The van der Waals surface area contributed by atoms with E-state index in [0.717, 1.165) is 5.56 Å². The summed E-state index contributed by atoms with van der Waals surface area (Å²) in [6.07, 6.45) is 8.30. The summed E-state index contributed by atoms with van der Waals surface area (Å²) in [4.78, 5) is 17.9. The fourth-order valence-corrected chi connectivity index (χ4v) is 1.81. The van der Waals surface area contributed by atoms with Crippen molar-refractivity contribution in [2.24, 2.45) is 0 Å². The zero-order chi connectivity index (χ0) is 14.9. The smallest absolute Gasteiger partial charge is 0.247 e. The van der Waals surface area contributed by atoms with Crippen LogP contribution in [-0.4, -0.2) is 22.3 Å². The first kappa shape index (κ1) is 14.5. The summed E-state index contributed by atoms with van der Waals surface area (Å²) in [5, 5.41) is 8.71. The molecule has 2 heterocycles. The van der Waals surface area contributed by atoms with Crippen LogP contribution in [0, 0.1) is 11.3 Å².